The molecule has 1 fully saturated rings. The van der Waals surface area contributed by atoms with Crippen LogP contribution in [0.1, 0.15) is 24.8 Å². The molecule has 0 saturated heterocycles. The van der Waals surface area contributed by atoms with Crippen molar-refractivity contribution in [2.24, 2.45) is 0 Å². The zero-order valence-electron chi connectivity index (χ0n) is 13.4. The van der Waals surface area contributed by atoms with Crippen LogP contribution in [-0.4, -0.2) is 44.2 Å². The van der Waals surface area contributed by atoms with E-state index >= 15 is 0 Å². The maximum Gasteiger partial charge on any atom is 0.319 e. The summed E-state index contributed by atoms with van der Waals surface area (Å²) in [4.78, 5) is 14.4. The van der Waals surface area contributed by atoms with Crippen LogP contribution in [0.25, 0.3) is 0 Å². The molecule has 1 aromatic rings. The van der Waals surface area contributed by atoms with Crippen LogP contribution < -0.4 is 10.6 Å². The van der Waals surface area contributed by atoms with Gasteiger partial charge < -0.3 is 20.3 Å². The molecule has 5 nitrogen and oxygen atoms in total. The van der Waals surface area contributed by atoms with E-state index in [1.165, 1.54) is 0 Å². The average molecular weight is 326 g/mol. The van der Waals surface area contributed by atoms with Crippen molar-refractivity contribution in [1.82, 2.24) is 10.2 Å². The third-order valence-corrected chi connectivity index (χ3v) is 4.48. The Labute approximate surface area is 137 Å². The molecular weight excluding hydrogens is 302 g/mol. The van der Waals surface area contributed by atoms with Gasteiger partial charge in [0, 0.05) is 35.5 Å². The van der Waals surface area contributed by atoms with Crippen molar-refractivity contribution < 1.29 is 9.53 Å². The Balaban J connectivity index is 1.94. The summed E-state index contributed by atoms with van der Waals surface area (Å²) >= 11 is 6.16. The molecule has 2 unspecified atom stereocenters. The number of benzene rings is 1. The first-order valence-corrected chi connectivity index (χ1v) is 7.89. The Bertz CT molecular complexity index is 522. The molecule has 1 aliphatic carbocycles. The van der Waals surface area contributed by atoms with Crippen LogP contribution >= 0.6 is 11.6 Å². The number of ether oxygens (including phenoxy) is 1. The lowest BCUT2D eigenvalue weighted by molar-refractivity contribution is 0.185. The number of methoxy groups -OCH3 is 1. The number of nitrogens with one attached hydrogen (secondary N) is 2. The number of anilines is 1. The molecule has 0 bridgehead atoms. The lowest BCUT2D eigenvalue weighted by Gasteiger charge is -2.19. The van der Waals surface area contributed by atoms with Crippen molar-refractivity contribution in [2.75, 3.05) is 26.5 Å². The smallest absolute Gasteiger partial charge is 0.319 e. The fraction of sp³-hybridized carbons (Fsp3) is 0.562. The van der Waals surface area contributed by atoms with E-state index in [1.54, 1.807) is 13.2 Å². The number of nitrogens with zero attached hydrogens (tertiary/aromatic N) is 1. The van der Waals surface area contributed by atoms with E-state index < -0.39 is 0 Å². The third kappa shape index (κ3) is 4.35. The Morgan fingerprint density at radius 1 is 1.41 bits per heavy atom. The molecule has 2 N–H and O–H groups in total. The maximum atomic E-state index is 12.2. The Hall–Kier alpha value is -1.30. The topological polar surface area (TPSA) is 53.6 Å². The van der Waals surface area contributed by atoms with Crippen LogP contribution in [0, 0.1) is 0 Å². The van der Waals surface area contributed by atoms with E-state index in [0.29, 0.717) is 23.4 Å². The SMILES string of the molecule is COCc1c(Cl)cccc1NC(=O)NC1CCC(N(C)C)C1. The van der Waals surface area contributed by atoms with Crippen molar-refractivity contribution in [2.45, 2.75) is 38.0 Å². The van der Waals surface area contributed by atoms with E-state index in [-0.39, 0.29) is 12.1 Å². The number of amides is 2. The molecule has 1 aliphatic rings. The maximum absolute atomic E-state index is 12.2. The van der Waals surface area contributed by atoms with Crippen molar-refractivity contribution in [3.8, 4) is 0 Å². The molecule has 2 rings (SSSR count). The summed E-state index contributed by atoms with van der Waals surface area (Å²) in [5.74, 6) is 0. The third-order valence-electron chi connectivity index (χ3n) is 4.13. The first kappa shape index (κ1) is 17.1. The molecule has 0 aromatic heterocycles. The predicted molar refractivity (Wildman–Crippen MR) is 89.4 cm³/mol. The van der Waals surface area contributed by atoms with Crippen LogP contribution in [0.2, 0.25) is 5.02 Å². The van der Waals surface area contributed by atoms with Gasteiger partial charge in [0.2, 0.25) is 0 Å². The Morgan fingerprint density at radius 2 is 2.18 bits per heavy atom. The van der Waals surface area contributed by atoms with Crippen molar-refractivity contribution in [3.63, 3.8) is 0 Å². The summed E-state index contributed by atoms with van der Waals surface area (Å²) in [5.41, 5.74) is 1.48. The van der Waals surface area contributed by atoms with Gasteiger partial charge in [0.25, 0.3) is 0 Å². The molecule has 6 heteroatoms. The van der Waals surface area contributed by atoms with Gasteiger partial charge >= 0.3 is 6.03 Å². The molecule has 2 atom stereocenters. The standard InChI is InChI=1S/C16H24ClN3O2/c1-20(2)12-8-7-11(9-12)18-16(21)19-15-6-4-5-14(17)13(15)10-22-3/h4-6,11-12H,7-10H2,1-3H3,(H2,18,19,21). The largest absolute Gasteiger partial charge is 0.380 e. The molecule has 0 heterocycles. The second-order valence-corrected chi connectivity index (χ2v) is 6.33. The highest BCUT2D eigenvalue weighted by atomic mass is 35.5. The highest BCUT2D eigenvalue weighted by molar-refractivity contribution is 6.31. The highest BCUT2D eigenvalue weighted by Gasteiger charge is 2.27. The van der Waals surface area contributed by atoms with Gasteiger partial charge in [-0.05, 0) is 45.5 Å². The van der Waals surface area contributed by atoms with E-state index in [1.807, 2.05) is 12.1 Å². The minimum Gasteiger partial charge on any atom is -0.380 e. The molecule has 22 heavy (non-hydrogen) atoms. The van der Waals surface area contributed by atoms with Crippen molar-refractivity contribution >= 4 is 23.3 Å². The number of carbonyl (C=O) groups is 1. The second-order valence-electron chi connectivity index (χ2n) is 5.92. The van der Waals surface area contributed by atoms with Gasteiger partial charge in [-0.25, -0.2) is 4.79 Å². The fourth-order valence-corrected chi connectivity index (χ4v) is 3.10. The fourth-order valence-electron chi connectivity index (χ4n) is 2.87. The van der Waals surface area contributed by atoms with Crippen LogP contribution in [0.4, 0.5) is 10.5 Å². The quantitative estimate of drug-likeness (QED) is 0.874. The number of halogens is 1. The van der Waals surface area contributed by atoms with E-state index in [0.717, 1.165) is 24.8 Å². The number of carbonyl (C=O) groups excluding carboxylic acids is 1. The molecule has 1 aromatic carbocycles. The van der Waals surface area contributed by atoms with Crippen molar-refractivity contribution in [3.05, 3.63) is 28.8 Å². The zero-order chi connectivity index (χ0) is 16.1. The van der Waals surface area contributed by atoms with Gasteiger partial charge in [0.1, 0.15) is 0 Å². The van der Waals surface area contributed by atoms with Gasteiger partial charge in [-0.3, -0.25) is 0 Å². The van der Waals surface area contributed by atoms with Gasteiger partial charge in [-0.2, -0.15) is 0 Å². The van der Waals surface area contributed by atoms with E-state index in [4.69, 9.17) is 16.3 Å². The van der Waals surface area contributed by atoms with Gasteiger partial charge in [-0.15, -0.1) is 0 Å². The van der Waals surface area contributed by atoms with Crippen LogP contribution in [-0.2, 0) is 11.3 Å². The van der Waals surface area contributed by atoms with Crippen molar-refractivity contribution in [1.29, 1.82) is 0 Å². The Morgan fingerprint density at radius 3 is 2.82 bits per heavy atom. The minimum absolute atomic E-state index is 0.191. The van der Waals surface area contributed by atoms with Gasteiger partial charge in [0.05, 0.1) is 6.61 Å². The number of rotatable bonds is 5. The first-order chi connectivity index (χ1) is 10.5. The summed E-state index contributed by atoms with van der Waals surface area (Å²) in [7, 11) is 5.76. The highest BCUT2D eigenvalue weighted by Crippen LogP contribution is 2.26. The normalized spacial score (nSPS) is 21.1. The summed E-state index contributed by atoms with van der Waals surface area (Å²) in [6.07, 6.45) is 3.11. The van der Waals surface area contributed by atoms with E-state index in [2.05, 4.69) is 29.6 Å². The number of hydrogen-bond donors (Lipinski definition) is 2. The van der Waals surface area contributed by atoms with Gasteiger partial charge in [-0.1, -0.05) is 17.7 Å². The first-order valence-electron chi connectivity index (χ1n) is 7.51. The number of hydrogen-bond acceptors (Lipinski definition) is 3. The second kappa shape index (κ2) is 7.81. The molecular formula is C16H24ClN3O2. The van der Waals surface area contributed by atoms with E-state index in [9.17, 15) is 4.79 Å². The monoisotopic (exact) mass is 325 g/mol. The van der Waals surface area contributed by atoms with Crippen LogP contribution in [0.5, 0.6) is 0 Å². The number of urea groups is 1. The van der Waals surface area contributed by atoms with Gasteiger partial charge in [0.15, 0.2) is 0 Å². The summed E-state index contributed by atoms with van der Waals surface area (Å²) in [5, 5.41) is 6.51. The molecule has 0 spiro atoms. The molecule has 1 saturated carbocycles. The minimum atomic E-state index is -0.191. The predicted octanol–water partition coefficient (Wildman–Crippen LogP) is 3.09. The Kier molecular flexibility index (Phi) is 6.06. The zero-order valence-corrected chi connectivity index (χ0v) is 14.1. The molecule has 0 aliphatic heterocycles. The molecule has 2 amide bonds. The average Bonchev–Trinajstić information content (AvgIpc) is 2.91. The molecule has 122 valence electrons. The summed E-state index contributed by atoms with van der Waals surface area (Å²) in [6.45, 7) is 0.363. The molecule has 0 radical (unpaired) electrons. The lowest BCUT2D eigenvalue weighted by atomic mass is 10.2. The van der Waals surface area contributed by atoms with Crippen LogP contribution in [0.3, 0.4) is 0 Å². The summed E-state index contributed by atoms with van der Waals surface area (Å²) < 4.78 is 5.14. The summed E-state index contributed by atoms with van der Waals surface area (Å²) in [6, 6.07) is 6.01. The van der Waals surface area contributed by atoms with Crippen LogP contribution in [0.15, 0.2) is 18.2 Å². The lowest BCUT2D eigenvalue weighted by Crippen LogP contribution is -2.38.